The Labute approximate surface area is 147 Å². The van der Waals surface area contributed by atoms with Crippen LogP contribution in [0.25, 0.3) is 0 Å². The highest BCUT2D eigenvalue weighted by Gasteiger charge is 2.21. The normalized spacial score (nSPS) is 15.6. The van der Waals surface area contributed by atoms with Gasteiger partial charge in [-0.25, -0.2) is 0 Å². The van der Waals surface area contributed by atoms with Crippen LogP contribution in [0.5, 0.6) is 17.2 Å². The summed E-state index contributed by atoms with van der Waals surface area (Å²) in [5.74, 6) is 1.57. The topological polar surface area (TPSA) is 65.0 Å². The molecule has 0 fully saturated rings. The fourth-order valence-electron chi connectivity index (χ4n) is 2.77. The fourth-order valence-corrected chi connectivity index (χ4v) is 2.77. The van der Waals surface area contributed by atoms with E-state index in [4.69, 9.17) is 19.3 Å². The number of hydrogen-bond donors (Lipinski definition) is 1. The zero-order chi connectivity index (χ0) is 17.5. The van der Waals surface area contributed by atoms with Gasteiger partial charge in [0.25, 0.3) is 0 Å². The minimum Gasteiger partial charge on any atom is -0.489 e. The van der Waals surface area contributed by atoms with E-state index < -0.39 is 5.97 Å². The summed E-state index contributed by atoms with van der Waals surface area (Å²) in [5, 5.41) is 8.71. The van der Waals surface area contributed by atoms with Gasteiger partial charge in [0.05, 0.1) is 0 Å². The average molecular weight is 342 g/mol. The van der Waals surface area contributed by atoms with Gasteiger partial charge in [0.2, 0.25) is 0 Å². The van der Waals surface area contributed by atoms with E-state index in [0.29, 0.717) is 19.6 Å². The highest BCUT2D eigenvalue weighted by Crippen LogP contribution is 2.31. The molecule has 0 radical (unpaired) electrons. The van der Waals surface area contributed by atoms with E-state index >= 15 is 0 Å². The number of fused-ring (bicyclic) bond motifs is 1. The second-order valence-corrected chi connectivity index (χ2v) is 6.02. The van der Waals surface area contributed by atoms with Gasteiger partial charge in [0.1, 0.15) is 19.0 Å². The predicted molar refractivity (Wildman–Crippen MR) is 93.5 cm³/mol. The summed E-state index contributed by atoms with van der Waals surface area (Å²) in [7, 11) is 0. The maximum Gasteiger partial charge on any atom is 0.303 e. The van der Waals surface area contributed by atoms with Crippen LogP contribution in [0.15, 0.2) is 48.5 Å². The maximum atomic E-state index is 10.6. The second-order valence-electron chi connectivity index (χ2n) is 6.02. The van der Waals surface area contributed by atoms with Crippen molar-refractivity contribution in [3.8, 4) is 17.2 Å². The van der Waals surface area contributed by atoms with Gasteiger partial charge in [-0.15, -0.1) is 0 Å². The molecule has 132 valence electrons. The van der Waals surface area contributed by atoms with Crippen LogP contribution in [0.2, 0.25) is 0 Å². The van der Waals surface area contributed by atoms with Crippen molar-refractivity contribution >= 4 is 5.97 Å². The number of aryl methyl sites for hydroxylation is 1. The van der Waals surface area contributed by atoms with Gasteiger partial charge in [0.15, 0.2) is 17.6 Å². The van der Waals surface area contributed by atoms with Crippen molar-refractivity contribution in [2.45, 2.75) is 31.8 Å². The van der Waals surface area contributed by atoms with Gasteiger partial charge < -0.3 is 19.3 Å². The molecule has 1 aliphatic heterocycles. The summed E-state index contributed by atoms with van der Waals surface area (Å²) < 4.78 is 17.5. The van der Waals surface area contributed by atoms with Gasteiger partial charge in [-0.2, -0.15) is 0 Å². The van der Waals surface area contributed by atoms with Crippen molar-refractivity contribution in [1.82, 2.24) is 0 Å². The zero-order valence-corrected chi connectivity index (χ0v) is 14.0. The zero-order valence-electron chi connectivity index (χ0n) is 14.0. The lowest BCUT2D eigenvalue weighted by atomic mass is 10.1. The first-order chi connectivity index (χ1) is 12.2. The van der Waals surface area contributed by atoms with E-state index in [1.807, 2.05) is 48.5 Å². The lowest BCUT2D eigenvalue weighted by Crippen LogP contribution is -2.34. The summed E-state index contributed by atoms with van der Waals surface area (Å²) in [5.41, 5.74) is 1.09. The van der Waals surface area contributed by atoms with Gasteiger partial charge in [-0.1, -0.05) is 30.3 Å². The van der Waals surface area contributed by atoms with Crippen molar-refractivity contribution < 1.29 is 24.1 Å². The van der Waals surface area contributed by atoms with E-state index in [1.165, 1.54) is 0 Å². The molecule has 0 bridgehead atoms. The van der Waals surface area contributed by atoms with Gasteiger partial charge in [0, 0.05) is 6.42 Å². The molecule has 1 N–H and O–H groups in total. The molecule has 0 saturated heterocycles. The number of carbonyl (C=O) groups is 1. The first kappa shape index (κ1) is 17.1. The maximum absolute atomic E-state index is 10.6. The molecular weight excluding hydrogens is 320 g/mol. The third-order valence-corrected chi connectivity index (χ3v) is 4.05. The quantitative estimate of drug-likeness (QED) is 0.741. The molecule has 5 heteroatoms. The van der Waals surface area contributed by atoms with E-state index in [0.717, 1.165) is 35.7 Å². The summed E-state index contributed by atoms with van der Waals surface area (Å²) in [6, 6.07) is 15.5. The third-order valence-electron chi connectivity index (χ3n) is 4.05. The standard InChI is InChI=1S/C20H22O5/c21-20(22)12-6-2-8-15-7-1-3-9-17(15)23-13-16-14-24-18-10-4-5-11-19(18)25-16/h1,3-5,7,9-11,16H,2,6,8,12-14H2,(H,21,22). The molecule has 1 heterocycles. The molecule has 0 amide bonds. The number of carboxylic acid groups (broad SMARTS) is 1. The Morgan fingerprint density at radius 2 is 1.84 bits per heavy atom. The Hall–Kier alpha value is -2.69. The van der Waals surface area contributed by atoms with Gasteiger partial charge >= 0.3 is 5.97 Å². The van der Waals surface area contributed by atoms with Crippen molar-refractivity contribution in [2.75, 3.05) is 13.2 Å². The molecule has 25 heavy (non-hydrogen) atoms. The molecule has 1 atom stereocenters. The van der Waals surface area contributed by atoms with Gasteiger partial charge in [-0.05, 0) is 43.0 Å². The van der Waals surface area contributed by atoms with Crippen LogP contribution in [-0.2, 0) is 11.2 Å². The Kier molecular flexibility index (Phi) is 5.77. The molecule has 5 nitrogen and oxygen atoms in total. The molecule has 0 saturated carbocycles. The third kappa shape index (κ3) is 4.89. The molecule has 2 aromatic rings. The second kappa shape index (κ2) is 8.42. The van der Waals surface area contributed by atoms with Crippen LogP contribution in [0, 0.1) is 0 Å². The van der Waals surface area contributed by atoms with E-state index in [-0.39, 0.29) is 12.5 Å². The molecular formula is C20H22O5. The molecule has 1 aliphatic rings. The summed E-state index contributed by atoms with van der Waals surface area (Å²) in [4.78, 5) is 10.6. The largest absolute Gasteiger partial charge is 0.489 e. The Balaban J connectivity index is 1.52. The molecule has 2 aromatic carbocycles. The Morgan fingerprint density at radius 3 is 2.68 bits per heavy atom. The SMILES string of the molecule is O=C(O)CCCCc1ccccc1OCC1COc2ccccc2O1. The molecule has 1 unspecified atom stereocenters. The van der Waals surface area contributed by atoms with Crippen LogP contribution in [0.3, 0.4) is 0 Å². The van der Waals surface area contributed by atoms with Crippen LogP contribution < -0.4 is 14.2 Å². The van der Waals surface area contributed by atoms with Crippen LogP contribution in [-0.4, -0.2) is 30.4 Å². The number of hydrogen-bond acceptors (Lipinski definition) is 4. The molecule has 3 rings (SSSR count). The molecule has 0 spiro atoms. The van der Waals surface area contributed by atoms with E-state index in [2.05, 4.69) is 0 Å². The van der Waals surface area contributed by atoms with Crippen molar-refractivity contribution in [2.24, 2.45) is 0 Å². The average Bonchev–Trinajstić information content (AvgIpc) is 2.64. The Bertz CT molecular complexity index is 713. The number of ether oxygens (including phenoxy) is 3. The number of para-hydroxylation sites is 3. The van der Waals surface area contributed by atoms with Gasteiger partial charge in [-0.3, -0.25) is 4.79 Å². The van der Waals surface area contributed by atoms with Crippen LogP contribution in [0.4, 0.5) is 0 Å². The van der Waals surface area contributed by atoms with E-state index in [1.54, 1.807) is 0 Å². The van der Waals surface area contributed by atoms with Crippen LogP contribution >= 0.6 is 0 Å². The smallest absolute Gasteiger partial charge is 0.303 e. The minimum absolute atomic E-state index is 0.157. The van der Waals surface area contributed by atoms with Crippen LogP contribution in [0.1, 0.15) is 24.8 Å². The molecule has 0 aliphatic carbocycles. The number of rotatable bonds is 8. The first-order valence-corrected chi connectivity index (χ1v) is 8.53. The van der Waals surface area contributed by atoms with Crippen molar-refractivity contribution in [3.05, 3.63) is 54.1 Å². The number of unbranched alkanes of at least 4 members (excludes halogenated alkanes) is 1. The lowest BCUT2D eigenvalue weighted by molar-refractivity contribution is -0.137. The number of benzene rings is 2. The van der Waals surface area contributed by atoms with Crippen molar-refractivity contribution in [3.63, 3.8) is 0 Å². The molecule has 0 aromatic heterocycles. The van der Waals surface area contributed by atoms with E-state index in [9.17, 15) is 4.79 Å². The lowest BCUT2D eigenvalue weighted by Gasteiger charge is -2.26. The number of carboxylic acids is 1. The minimum atomic E-state index is -0.751. The monoisotopic (exact) mass is 342 g/mol. The summed E-state index contributed by atoms with van der Waals surface area (Å²) >= 11 is 0. The van der Waals surface area contributed by atoms with Crippen molar-refractivity contribution in [1.29, 1.82) is 0 Å². The first-order valence-electron chi connectivity index (χ1n) is 8.53. The Morgan fingerprint density at radius 1 is 1.08 bits per heavy atom. The summed E-state index contributed by atoms with van der Waals surface area (Å²) in [6.45, 7) is 0.859. The highest BCUT2D eigenvalue weighted by molar-refractivity contribution is 5.66. The number of aliphatic carboxylic acids is 1. The fraction of sp³-hybridized carbons (Fsp3) is 0.350. The predicted octanol–water partition coefficient (Wildman–Crippen LogP) is 3.70. The summed E-state index contributed by atoms with van der Waals surface area (Å²) in [6.07, 6.45) is 2.34. The highest BCUT2D eigenvalue weighted by atomic mass is 16.6.